The van der Waals surface area contributed by atoms with Gasteiger partial charge in [0.25, 0.3) is 0 Å². The van der Waals surface area contributed by atoms with Crippen molar-refractivity contribution in [3.63, 3.8) is 0 Å². The maximum Gasteiger partial charge on any atom is 0.216 e. The maximum absolute atomic E-state index is 9.40. The van der Waals surface area contributed by atoms with E-state index >= 15 is 0 Å². The number of aliphatic hydroxyl groups is 1. The molecule has 1 unspecified atom stereocenters. The minimum atomic E-state index is -1.66. The third-order valence-electron chi connectivity index (χ3n) is 1.51. The summed E-state index contributed by atoms with van der Waals surface area (Å²) < 4.78 is -1.66. The molecule has 0 spiro atoms. The van der Waals surface area contributed by atoms with Crippen molar-refractivity contribution in [2.75, 3.05) is 0 Å². The van der Waals surface area contributed by atoms with Crippen LogP contribution >= 0.6 is 47.2 Å². The quantitative estimate of drug-likeness (QED) is 0.843. The fourth-order valence-electron chi connectivity index (χ4n) is 0.833. The molecular formula is C8H9Cl4NO. The molecule has 0 aliphatic rings. The largest absolute Gasteiger partial charge is 0.388 e. The standard InChI is InChI=1S/C8H8Cl3NO.ClH/c9-8(10,11)7(13)5-6-3-1-2-4-12-6;/h1-4,7,13H,5H2;1H. The van der Waals surface area contributed by atoms with Gasteiger partial charge in [-0.1, -0.05) is 40.9 Å². The summed E-state index contributed by atoms with van der Waals surface area (Å²) in [7, 11) is 0. The number of pyridine rings is 1. The van der Waals surface area contributed by atoms with E-state index in [9.17, 15) is 5.11 Å². The van der Waals surface area contributed by atoms with Gasteiger partial charge in [-0.3, -0.25) is 4.98 Å². The fraction of sp³-hybridized carbons (Fsp3) is 0.375. The van der Waals surface area contributed by atoms with E-state index in [1.165, 1.54) is 0 Å². The summed E-state index contributed by atoms with van der Waals surface area (Å²) in [5.74, 6) is 0. The number of aliphatic hydroxyl groups excluding tert-OH is 1. The van der Waals surface area contributed by atoms with E-state index in [0.29, 0.717) is 5.69 Å². The number of aromatic nitrogens is 1. The van der Waals surface area contributed by atoms with Gasteiger partial charge < -0.3 is 5.11 Å². The van der Waals surface area contributed by atoms with Crippen molar-refractivity contribution >= 4 is 47.2 Å². The molecule has 0 fully saturated rings. The van der Waals surface area contributed by atoms with Crippen molar-refractivity contribution in [2.45, 2.75) is 16.3 Å². The molecule has 2 nitrogen and oxygen atoms in total. The van der Waals surface area contributed by atoms with Crippen LogP contribution in [0.15, 0.2) is 24.4 Å². The molecule has 0 bridgehead atoms. The van der Waals surface area contributed by atoms with Gasteiger partial charge in [0.05, 0.1) is 0 Å². The predicted molar refractivity (Wildman–Crippen MR) is 61.5 cm³/mol. The molecule has 1 rings (SSSR count). The van der Waals surface area contributed by atoms with Crippen LogP contribution in [0.1, 0.15) is 5.69 Å². The average Bonchev–Trinajstić information content (AvgIpc) is 2.04. The van der Waals surface area contributed by atoms with Gasteiger partial charge in [-0.05, 0) is 12.1 Å². The topological polar surface area (TPSA) is 33.1 Å². The number of rotatable bonds is 2. The molecule has 0 saturated heterocycles. The van der Waals surface area contributed by atoms with E-state index in [-0.39, 0.29) is 18.8 Å². The highest BCUT2D eigenvalue weighted by molar-refractivity contribution is 6.68. The third kappa shape index (κ3) is 4.67. The Bertz CT molecular complexity index is 262. The Hall–Kier alpha value is 0.270. The summed E-state index contributed by atoms with van der Waals surface area (Å²) >= 11 is 16.5. The Morgan fingerprint density at radius 2 is 2.00 bits per heavy atom. The Balaban J connectivity index is 0.00000169. The molecule has 0 radical (unpaired) electrons. The Morgan fingerprint density at radius 3 is 2.43 bits per heavy atom. The van der Waals surface area contributed by atoms with Gasteiger partial charge in [0.1, 0.15) is 6.10 Å². The van der Waals surface area contributed by atoms with Crippen molar-refractivity contribution in [1.29, 1.82) is 0 Å². The van der Waals surface area contributed by atoms with Crippen LogP contribution in [0.25, 0.3) is 0 Å². The zero-order chi connectivity index (χ0) is 9.90. The summed E-state index contributed by atoms with van der Waals surface area (Å²) in [4.78, 5) is 4.00. The molecule has 0 aliphatic carbocycles. The van der Waals surface area contributed by atoms with Crippen LogP contribution in [0.2, 0.25) is 0 Å². The SMILES string of the molecule is Cl.OC(Cc1ccccn1)C(Cl)(Cl)Cl. The van der Waals surface area contributed by atoms with Gasteiger partial charge in [-0.2, -0.15) is 0 Å². The fourth-order valence-corrected chi connectivity index (χ4v) is 1.06. The van der Waals surface area contributed by atoms with Crippen molar-refractivity contribution < 1.29 is 5.11 Å². The zero-order valence-corrected chi connectivity index (χ0v) is 10.1. The van der Waals surface area contributed by atoms with Gasteiger partial charge in [0.2, 0.25) is 3.79 Å². The second-order valence-electron chi connectivity index (χ2n) is 2.58. The minimum Gasteiger partial charge on any atom is -0.388 e. The van der Waals surface area contributed by atoms with Crippen LogP contribution < -0.4 is 0 Å². The number of halogens is 4. The Kier molecular flexibility index (Phi) is 6.10. The molecule has 0 aromatic carbocycles. The molecule has 1 aromatic rings. The first-order valence-electron chi connectivity index (χ1n) is 3.65. The molecule has 80 valence electrons. The lowest BCUT2D eigenvalue weighted by atomic mass is 10.2. The molecular weight excluding hydrogens is 268 g/mol. The van der Waals surface area contributed by atoms with Crippen molar-refractivity contribution in [2.24, 2.45) is 0 Å². The molecule has 1 atom stereocenters. The van der Waals surface area contributed by atoms with E-state index in [0.717, 1.165) is 0 Å². The first-order valence-corrected chi connectivity index (χ1v) is 4.78. The molecule has 1 heterocycles. The average molecular weight is 277 g/mol. The second-order valence-corrected chi connectivity index (χ2v) is 4.95. The summed E-state index contributed by atoms with van der Waals surface area (Å²) in [5.41, 5.74) is 0.696. The first kappa shape index (κ1) is 14.3. The smallest absolute Gasteiger partial charge is 0.216 e. The van der Waals surface area contributed by atoms with Crippen molar-refractivity contribution in [3.8, 4) is 0 Å². The van der Waals surface area contributed by atoms with Crippen LogP contribution in [0.4, 0.5) is 0 Å². The molecule has 0 aliphatic heterocycles. The molecule has 0 amide bonds. The van der Waals surface area contributed by atoms with Gasteiger partial charge in [-0.25, -0.2) is 0 Å². The Morgan fingerprint density at radius 1 is 1.36 bits per heavy atom. The zero-order valence-electron chi connectivity index (χ0n) is 7.03. The first-order chi connectivity index (χ1) is 6.00. The second kappa shape index (κ2) is 5.99. The monoisotopic (exact) mass is 275 g/mol. The summed E-state index contributed by atoms with van der Waals surface area (Å²) in [6.07, 6.45) is 0.824. The van der Waals surface area contributed by atoms with Gasteiger partial charge in [0.15, 0.2) is 0 Å². The van der Waals surface area contributed by atoms with Crippen LogP contribution in [-0.2, 0) is 6.42 Å². The number of hydrogen-bond acceptors (Lipinski definition) is 2. The number of alkyl halides is 3. The predicted octanol–water partition coefficient (Wildman–Crippen LogP) is 2.78. The Labute approximate surface area is 104 Å². The van der Waals surface area contributed by atoms with Crippen LogP contribution in [0.3, 0.4) is 0 Å². The summed E-state index contributed by atoms with van der Waals surface area (Å²) in [5, 5.41) is 9.40. The van der Waals surface area contributed by atoms with E-state index < -0.39 is 9.90 Å². The maximum atomic E-state index is 9.40. The van der Waals surface area contributed by atoms with Gasteiger partial charge in [0, 0.05) is 18.3 Å². The van der Waals surface area contributed by atoms with Crippen LogP contribution in [0, 0.1) is 0 Å². The molecule has 1 N–H and O–H groups in total. The van der Waals surface area contributed by atoms with Crippen molar-refractivity contribution in [1.82, 2.24) is 4.98 Å². The molecule has 14 heavy (non-hydrogen) atoms. The van der Waals surface area contributed by atoms with Gasteiger partial charge in [-0.15, -0.1) is 12.4 Å². The molecule has 6 heteroatoms. The van der Waals surface area contributed by atoms with E-state index in [4.69, 9.17) is 34.8 Å². The van der Waals surface area contributed by atoms with E-state index in [1.54, 1.807) is 18.3 Å². The van der Waals surface area contributed by atoms with Gasteiger partial charge >= 0.3 is 0 Å². The molecule has 1 aromatic heterocycles. The third-order valence-corrected chi connectivity index (χ3v) is 2.26. The minimum absolute atomic E-state index is 0. The number of nitrogens with zero attached hydrogens (tertiary/aromatic N) is 1. The lowest BCUT2D eigenvalue weighted by Crippen LogP contribution is -2.27. The molecule has 0 saturated carbocycles. The highest BCUT2D eigenvalue weighted by Crippen LogP contribution is 2.31. The highest BCUT2D eigenvalue weighted by Gasteiger charge is 2.30. The van der Waals surface area contributed by atoms with Crippen molar-refractivity contribution in [3.05, 3.63) is 30.1 Å². The normalized spacial score (nSPS) is 13.1. The number of hydrogen-bond donors (Lipinski definition) is 1. The summed E-state index contributed by atoms with van der Waals surface area (Å²) in [6, 6.07) is 5.36. The van der Waals surface area contributed by atoms with Crippen LogP contribution in [-0.4, -0.2) is 20.0 Å². The lowest BCUT2D eigenvalue weighted by Gasteiger charge is -2.17. The summed E-state index contributed by atoms with van der Waals surface area (Å²) in [6.45, 7) is 0. The van der Waals surface area contributed by atoms with E-state index in [1.807, 2.05) is 6.07 Å². The lowest BCUT2D eigenvalue weighted by molar-refractivity contribution is 0.178. The van der Waals surface area contributed by atoms with E-state index in [2.05, 4.69) is 4.98 Å². The highest BCUT2D eigenvalue weighted by atomic mass is 35.6. The van der Waals surface area contributed by atoms with Crippen LogP contribution in [0.5, 0.6) is 0 Å².